The maximum absolute atomic E-state index is 5.41. The number of halogens is 1. The average Bonchev–Trinajstić information content (AvgIpc) is 1.95. The average molecular weight is 201 g/mol. The molecule has 2 N–H and O–H groups in total. The molecule has 0 fully saturated rings. The predicted octanol–water partition coefficient (Wildman–Crippen LogP) is 1.61. The molecule has 1 aromatic rings. The van der Waals surface area contributed by atoms with Gasteiger partial charge in [-0.15, -0.1) is 0 Å². The monoisotopic (exact) mass is 200 g/mol. The van der Waals surface area contributed by atoms with Gasteiger partial charge in [-0.2, -0.15) is 0 Å². The molecular weight excluding hydrogens is 192 g/mol. The number of aryl methyl sites for hydroxylation is 1. The number of rotatable bonds is 1. The first-order valence-electron chi connectivity index (χ1n) is 3.05. The molecule has 1 rings (SSSR count). The molecule has 2 nitrogen and oxygen atoms in total. The van der Waals surface area contributed by atoms with Gasteiger partial charge in [-0.25, -0.2) is 4.98 Å². The Morgan fingerprint density at radius 1 is 1.70 bits per heavy atom. The Balaban J connectivity index is 3.04. The second kappa shape index (κ2) is 3.12. The summed E-state index contributed by atoms with van der Waals surface area (Å²) in [4.78, 5) is 4.09. The van der Waals surface area contributed by atoms with E-state index in [1.165, 1.54) is 0 Å². The highest BCUT2D eigenvalue weighted by Gasteiger charge is 1.95. The van der Waals surface area contributed by atoms with Gasteiger partial charge in [-0.1, -0.05) is 6.07 Å². The molecule has 0 aliphatic heterocycles. The maximum atomic E-state index is 5.41. The molecule has 0 atom stereocenters. The zero-order valence-corrected chi connectivity index (χ0v) is 7.35. The van der Waals surface area contributed by atoms with Crippen molar-refractivity contribution < 1.29 is 0 Å². The lowest BCUT2D eigenvalue weighted by atomic mass is 10.2. The highest BCUT2D eigenvalue weighted by atomic mass is 79.9. The Labute approximate surface area is 68.6 Å². The number of aromatic nitrogens is 1. The normalized spacial score (nSPS) is 9.90. The third-order valence-electron chi connectivity index (χ3n) is 1.31. The SMILES string of the molecule is Cc1cc(CN)cnc1Br. The van der Waals surface area contributed by atoms with Gasteiger partial charge in [-0.3, -0.25) is 0 Å². The van der Waals surface area contributed by atoms with Crippen molar-refractivity contribution in [3.8, 4) is 0 Å². The van der Waals surface area contributed by atoms with Crippen LogP contribution in [0.15, 0.2) is 16.9 Å². The number of nitrogens with zero attached hydrogens (tertiary/aromatic N) is 1. The molecule has 0 spiro atoms. The second-order valence-corrected chi connectivity index (χ2v) is 2.91. The van der Waals surface area contributed by atoms with Crippen LogP contribution in [0.1, 0.15) is 11.1 Å². The van der Waals surface area contributed by atoms with Crippen LogP contribution in [0.25, 0.3) is 0 Å². The minimum absolute atomic E-state index is 0.557. The van der Waals surface area contributed by atoms with Crippen molar-refractivity contribution in [3.05, 3.63) is 28.0 Å². The van der Waals surface area contributed by atoms with Crippen LogP contribution < -0.4 is 5.73 Å². The molecule has 0 aliphatic rings. The summed E-state index contributed by atoms with van der Waals surface area (Å²) in [6, 6.07) is 2.02. The standard InChI is InChI=1S/C7H9BrN2/c1-5-2-6(3-9)4-10-7(5)8/h2,4H,3,9H2,1H3. The largest absolute Gasteiger partial charge is 0.326 e. The van der Waals surface area contributed by atoms with Crippen molar-refractivity contribution >= 4 is 15.9 Å². The Bertz CT molecular complexity index is 235. The fourth-order valence-corrected chi connectivity index (χ4v) is 0.945. The fraction of sp³-hybridized carbons (Fsp3) is 0.286. The van der Waals surface area contributed by atoms with E-state index in [1.807, 2.05) is 13.0 Å². The van der Waals surface area contributed by atoms with E-state index in [0.29, 0.717) is 6.54 Å². The Kier molecular flexibility index (Phi) is 2.40. The van der Waals surface area contributed by atoms with E-state index < -0.39 is 0 Å². The summed E-state index contributed by atoms with van der Waals surface area (Å²) >= 11 is 3.31. The van der Waals surface area contributed by atoms with Crippen LogP contribution in [0.5, 0.6) is 0 Å². The van der Waals surface area contributed by atoms with E-state index in [1.54, 1.807) is 6.20 Å². The quantitative estimate of drug-likeness (QED) is 0.701. The molecule has 0 bridgehead atoms. The summed E-state index contributed by atoms with van der Waals surface area (Å²) in [5, 5.41) is 0. The first kappa shape index (κ1) is 7.69. The van der Waals surface area contributed by atoms with Gasteiger partial charge in [0, 0.05) is 12.7 Å². The summed E-state index contributed by atoms with van der Waals surface area (Å²) in [5.74, 6) is 0. The number of pyridine rings is 1. The molecule has 0 saturated heterocycles. The van der Waals surface area contributed by atoms with Crippen LogP contribution in [0.2, 0.25) is 0 Å². The summed E-state index contributed by atoms with van der Waals surface area (Å²) in [6.07, 6.45) is 1.77. The van der Waals surface area contributed by atoms with Gasteiger partial charge < -0.3 is 5.73 Å². The van der Waals surface area contributed by atoms with Crippen LogP contribution in [0.3, 0.4) is 0 Å². The summed E-state index contributed by atoms with van der Waals surface area (Å²) in [5.41, 5.74) is 7.61. The third-order valence-corrected chi connectivity index (χ3v) is 2.14. The molecule has 3 heteroatoms. The van der Waals surface area contributed by atoms with Crippen molar-refractivity contribution in [2.45, 2.75) is 13.5 Å². The molecule has 1 aromatic heterocycles. The van der Waals surface area contributed by atoms with E-state index in [4.69, 9.17) is 5.73 Å². The molecule has 10 heavy (non-hydrogen) atoms. The Morgan fingerprint density at radius 3 is 2.90 bits per heavy atom. The number of nitrogens with two attached hydrogens (primary N) is 1. The van der Waals surface area contributed by atoms with Gasteiger partial charge in [0.05, 0.1) is 0 Å². The van der Waals surface area contributed by atoms with E-state index in [2.05, 4.69) is 20.9 Å². The first-order chi connectivity index (χ1) is 4.74. The molecule has 1 heterocycles. The maximum Gasteiger partial charge on any atom is 0.108 e. The van der Waals surface area contributed by atoms with Crippen LogP contribution in [0.4, 0.5) is 0 Å². The van der Waals surface area contributed by atoms with Gasteiger partial charge in [-0.05, 0) is 34.0 Å². The van der Waals surface area contributed by atoms with Crippen molar-refractivity contribution in [3.63, 3.8) is 0 Å². The van der Waals surface area contributed by atoms with Crippen molar-refractivity contribution in [2.75, 3.05) is 0 Å². The summed E-state index contributed by atoms with van der Waals surface area (Å²) in [6.45, 7) is 2.55. The molecule has 0 saturated carbocycles. The van der Waals surface area contributed by atoms with Gasteiger partial charge >= 0.3 is 0 Å². The predicted molar refractivity (Wildman–Crippen MR) is 44.6 cm³/mol. The number of hydrogen-bond donors (Lipinski definition) is 1. The topological polar surface area (TPSA) is 38.9 Å². The third kappa shape index (κ3) is 1.55. The van der Waals surface area contributed by atoms with Gasteiger partial charge in [0.2, 0.25) is 0 Å². The lowest BCUT2D eigenvalue weighted by Crippen LogP contribution is -1.97. The van der Waals surface area contributed by atoms with Crippen molar-refractivity contribution in [2.24, 2.45) is 5.73 Å². The summed E-state index contributed by atoms with van der Waals surface area (Å²) in [7, 11) is 0. The minimum Gasteiger partial charge on any atom is -0.326 e. The Morgan fingerprint density at radius 2 is 2.40 bits per heavy atom. The van der Waals surface area contributed by atoms with Crippen molar-refractivity contribution in [1.82, 2.24) is 4.98 Å². The van der Waals surface area contributed by atoms with Gasteiger partial charge in [0.15, 0.2) is 0 Å². The highest BCUT2D eigenvalue weighted by molar-refractivity contribution is 9.10. The molecule has 0 aliphatic carbocycles. The number of hydrogen-bond acceptors (Lipinski definition) is 2. The second-order valence-electron chi connectivity index (χ2n) is 2.16. The van der Waals surface area contributed by atoms with E-state index in [0.717, 1.165) is 15.7 Å². The fourth-order valence-electron chi connectivity index (χ4n) is 0.728. The molecule has 54 valence electrons. The van der Waals surface area contributed by atoms with Gasteiger partial charge in [0.25, 0.3) is 0 Å². The van der Waals surface area contributed by atoms with E-state index >= 15 is 0 Å². The molecule has 0 radical (unpaired) electrons. The highest BCUT2D eigenvalue weighted by Crippen LogP contribution is 2.12. The first-order valence-corrected chi connectivity index (χ1v) is 3.84. The van der Waals surface area contributed by atoms with Crippen LogP contribution >= 0.6 is 15.9 Å². The van der Waals surface area contributed by atoms with Gasteiger partial charge in [0.1, 0.15) is 4.60 Å². The summed E-state index contributed by atoms with van der Waals surface area (Å²) < 4.78 is 0.893. The van der Waals surface area contributed by atoms with Crippen LogP contribution in [0, 0.1) is 6.92 Å². The lowest BCUT2D eigenvalue weighted by molar-refractivity contribution is 1.03. The van der Waals surface area contributed by atoms with Crippen LogP contribution in [-0.4, -0.2) is 4.98 Å². The molecule has 0 unspecified atom stereocenters. The zero-order chi connectivity index (χ0) is 7.56. The molecular formula is C7H9BrN2. The minimum atomic E-state index is 0.557. The Hall–Kier alpha value is -0.410. The van der Waals surface area contributed by atoms with E-state index in [9.17, 15) is 0 Å². The zero-order valence-electron chi connectivity index (χ0n) is 5.76. The van der Waals surface area contributed by atoms with Crippen molar-refractivity contribution in [1.29, 1.82) is 0 Å². The smallest absolute Gasteiger partial charge is 0.108 e. The van der Waals surface area contributed by atoms with Crippen LogP contribution in [-0.2, 0) is 6.54 Å². The molecule has 0 amide bonds. The lowest BCUT2D eigenvalue weighted by Gasteiger charge is -1.98. The van der Waals surface area contributed by atoms with E-state index in [-0.39, 0.29) is 0 Å². The molecule has 0 aromatic carbocycles.